The fourth-order valence-electron chi connectivity index (χ4n) is 3.17. The molecule has 3 heterocycles. The number of benzene rings is 1. The van der Waals surface area contributed by atoms with E-state index in [9.17, 15) is 9.59 Å². The van der Waals surface area contributed by atoms with Crippen LogP contribution in [0.5, 0.6) is 11.5 Å². The van der Waals surface area contributed by atoms with Gasteiger partial charge in [0.05, 0.1) is 32.8 Å². The number of nitrogens with zero attached hydrogens (tertiary/aromatic N) is 5. The van der Waals surface area contributed by atoms with E-state index in [1.807, 2.05) is 23.6 Å². The highest BCUT2D eigenvalue weighted by Gasteiger charge is 2.16. The van der Waals surface area contributed by atoms with Crippen LogP contribution in [0.25, 0.3) is 21.7 Å². The van der Waals surface area contributed by atoms with Crippen molar-refractivity contribution < 1.29 is 9.47 Å². The summed E-state index contributed by atoms with van der Waals surface area (Å²) < 4.78 is 14.8. The molecule has 4 rings (SSSR count). The Morgan fingerprint density at radius 1 is 1.07 bits per heavy atom. The van der Waals surface area contributed by atoms with E-state index in [1.165, 1.54) is 23.0 Å². The molecule has 0 fully saturated rings. The number of methoxy groups -OCH3 is 2. The standard InChI is InChI=1S/C19H19N5O4S/c1-22-16-15(18(25)23(2)19(22)26)24(10-20-16)8-12-9-29-17(21-12)11-5-6-13(27-3)14(7-11)28-4/h5-7,9-10H,8H2,1-4H3. The summed E-state index contributed by atoms with van der Waals surface area (Å²) in [6, 6.07) is 5.63. The van der Waals surface area contributed by atoms with Crippen molar-refractivity contribution in [2.24, 2.45) is 14.1 Å². The first kappa shape index (κ1) is 18.9. The minimum atomic E-state index is -0.405. The smallest absolute Gasteiger partial charge is 0.332 e. The third-order valence-electron chi connectivity index (χ3n) is 4.73. The first-order valence-electron chi connectivity index (χ1n) is 8.72. The lowest BCUT2D eigenvalue weighted by molar-refractivity contribution is 0.355. The highest BCUT2D eigenvalue weighted by molar-refractivity contribution is 7.13. The number of aryl methyl sites for hydroxylation is 1. The predicted molar refractivity (Wildman–Crippen MR) is 110 cm³/mol. The number of thiazole rings is 1. The van der Waals surface area contributed by atoms with Crippen LogP contribution in [0.2, 0.25) is 0 Å². The van der Waals surface area contributed by atoms with Crippen LogP contribution in [0.15, 0.2) is 39.5 Å². The average Bonchev–Trinajstić information content (AvgIpc) is 3.38. The van der Waals surface area contributed by atoms with Crippen LogP contribution in [0.1, 0.15) is 5.69 Å². The summed E-state index contributed by atoms with van der Waals surface area (Å²) in [5.74, 6) is 1.28. The fraction of sp³-hybridized carbons (Fsp3) is 0.263. The fourth-order valence-corrected chi connectivity index (χ4v) is 3.98. The van der Waals surface area contributed by atoms with Crippen LogP contribution in [-0.4, -0.2) is 37.9 Å². The summed E-state index contributed by atoms with van der Waals surface area (Å²) in [5, 5.41) is 2.76. The largest absolute Gasteiger partial charge is 0.493 e. The number of hydrogen-bond acceptors (Lipinski definition) is 7. The topological polar surface area (TPSA) is 93.2 Å². The average molecular weight is 413 g/mol. The lowest BCUT2D eigenvalue weighted by Crippen LogP contribution is -2.37. The Hall–Kier alpha value is -3.40. The van der Waals surface area contributed by atoms with Crippen molar-refractivity contribution in [1.29, 1.82) is 0 Å². The molecule has 3 aromatic heterocycles. The van der Waals surface area contributed by atoms with E-state index in [-0.39, 0.29) is 5.56 Å². The van der Waals surface area contributed by atoms with Crippen LogP contribution in [0.3, 0.4) is 0 Å². The van der Waals surface area contributed by atoms with Crippen molar-refractivity contribution >= 4 is 22.5 Å². The van der Waals surface area contributed by atoms with Gasteiger partial charge in [0, 0.05) is 25.0 Å². The summed E-state index contributed by atoms with van der Waals surface area (Å²) in [6.07, 6.45) is 1.56. The third kappa shape index (κ3) is 3.11. The van der Waals surface area contributed by atoms with Gasteiger partial charge in [0.2, 0.25) is 0 Å². The van der Waals surface area contributed by atoms with Gasteiger partial charge in [-0.1, -0.05) is 0 Å². The third-order valence-corrected chi connectivity index (χ3v) is 5.67. The van der Waals surface area contributed by atoms with E-state index >= 15 is 0 Å². The van der Waals surface area contributed by atoms with Crippen LogP contribution in [-0.2, 0) is 20.6 Å². The molecule has 0 unspecified atom stereocenters. The minimum absolute atomic E-state index is 0.355. The van der Waals surface area contributed by atoms with Crippen molar-refractivity contribution in [2.45, 2.75) is 6.54 Å². The molecule has 0 saturated heterocycles. The van der Waals surface area contributed by atoms with Gasteiger partial charge < -0.3 is 14.0 Å². The molecule has 0 spiro atoms. The van der Waals surface area contributed by atoms with Crippen molar-refractivity contribution in [1.82, 2.24) is 23.7 Å². The van der Waals surface area contributed by atoms with Crippen LogP contribution < -0.4 is 20.7 Å². The van der Waals surface area contributed by atoms with Crippen LogP contribution in [0, 0.1) is 0 Å². The number of ether oxygens (including phenoxy) is 2. The van der Waals surface area contributed by atoms with Gasteiger partial charge in [0.15, 0.2) is 22.7 Å². The number of imidazole rings is 1. The number of rotatable bonds is 5. The molecule has 0 N–H and O–H groups in total. The maximum Gasteiger partial charge on any atom is 0.332 e. The summed E-state index contributed by atoms with van der Waals surface area (Å²) in [7, 11) is 6.24. The first-order chi connectivity index (χ1) is 13.9. The van der Waals surface area contributed by atoms with E-state index < -0.39 is 5.69 Å². The molecule has 0 aliphatic heterocycles. The van der Waals surface area contributed by atoms with Gasteiger partial charge in [0.1, 0.15) is 5.01 Å². The van der Waals surface area contributed by atoms with E-state index in [0.29, 0.717) is 29.2 Å². The summed E-state index contributed by atoms with van der Waals surface area (Å²) >= 11 is 1.50. The van der Waals surface area contributed by atoms with E-state index in [0.717, 1.165) is 20.8 Å². The highest BCUT2D eigenvalue weighted by atomic mass is 32.1. The van der Waals surface area contributed by atoms with Gasteiger partial charge in [-0.2, -0.15) is 0 Å². The van der Waals surface area contributed by atoms with Gasteiger partial charge >= 0.3 is 5.69 Å². The molecule has 0 atom stereocenters. The molecule has 9 nitrogen and oxygen atoms in total. The molecule has 1 aromatic carbocycles. The number of hydrogen-bond donors (Lipinski definition) is 0. The van der Waals surface area contributed by atoms with Crippen molar-refractivity contribution in [3.8, 4) is 22.1 Å². The molecule has 0 bridgehead atoms. The maximum atomic E-state index is 12.6. The van der Waals surface area contributed by atoms with Gasteiger partial charge in [-0.05, 0) is 18.2 Å². The SMILES string of the molecule is COc1ccc(-c2nc(Cn3cnc4c3c(=O)n(C)c(=O)n4C)cs2)cc1OC. The van der Waals surface area contributed by atoms with E-state index in [1.54, 1.807) is 32.2 Å². The van der Waals surface area contributed by atoms with Crippen LogP contribution >= 0.6 is 11.3 Å². The second-order valence-corrected chi connectivity index (χ2v) is 7.32. The second-order valence-electron chi connectivity index (χ2n) is 6.46. The van der Waals surface area contributed by atoms with Gasteiger partial charge in [-0.25, -0.2) is 14.8 Å². The summed E-state index contributed by atoms with van der Waals surface area (Å²) in [5.41, 5.74) is 1.64. The zero-order valence-corrected chi connectivity index (χ0v) is 17.2. The molecule has 0 saturated carbocycles. The normalized spacial score (nSPS) is 11.2. The molecule has 0 radical (unpaired) electrons. The first-order valence-corrected chi connectivity index (χ1v) is 9.60. The molecule has 0 aliphatic carbocycles. The second kappa shape index (κ2) is 7.21. The van der Waals surface area contributed by atoms with Crippen molar-refractivity contribution in [3.05, 3.63) is 56.4 Å². The Labute approximate surface area is 169 Å². The molecule has 4 aromatic rings. The van der Waals surface area contributed by atoms with Crippen LogP contribution in [0.4, 0.5) is 0 Å². The Morgan fingerprint density at radius 3 is 2.55 bits per heavy atom. The summed E-state index contributed by atoms with van der Waals surface area (Å²) in [4.78, 5) is 33.6. The lowest BCUT2D eigenvalue weighted by atomic mass is 10.2. The molecule has 29 heavy (non-hydrogen) atoms. The zero-order chi connectivity index (χ0) is 20.7. The van der Waals surface area contributed by atoms with Gasteiger partial charge in [0.25, 0.3) is 5.56 Å². The Kier molecular flexibility index (Phi) is 4.71. The van der Waals surface area contributed by atoms with Crippen molar-refractivity contribution in [3.63, 3.8) is 0 Å². The number of aromatic nitrogens is 5. The highest BCUT2D eigenvalue weighted by Crippen LogP contribution is 2.33. The summed E-state index contributed by atoms with van der Waals surface area (Å²) in [6.45, 7) is 0.369. The van der Waals surface area contributed by atoms with Gasteiger partial charge in [-0.3, -0.25) is 13.9 Å². The van der Waals surface area contributed by atoms with Crippen molar-refractivity contribution in [2.75, 3.05) is 14.2 Å². The predicted octanol–water partition coefficient (Wildman–Crippen LogP) is 1.62. The molecule has 150 valence electrons. The monoisotopic (exact) mass is 413 g/mol. The van der Waals surface area contributed by atoms with E-state index in [4.69, 9.17) is 9.47 Å². The quantitative estimate of drug-likeness (QED) is 0.494. The Balaban J connectivity index is 1.71. The van der Waals surface area contributed by atoms with E-state index in [2.05, 4.69) is 9.97 Å². The maximum absolute atomic E-state index is 12.6. The molecule has 10 heteroatoms. The Morgan fingerprint density at radius 2 is 1.83 bits per heavy atom. The lowest BCUT2D eigenvalue weighted by Gasteiger charge is -2.08. The molecular weight excluding hydrogens is 394 g/mol. The number of fused-ring (bicyclic) bond motifs is 1. The zero-order valence-electron chi connectivity index (χ0n) is 16.4. The molecular formula is C19H19N5O4S. The van der Waals surface area contributed by atoms with Gasteiger partial charge in [-0.15, -0.1) is 11.3 Å². The Bertz CT molecular complexity index is 1330. The minimum Gasteiger partial charge on any atom is -0.493 e. The molecule has 0 amide bonds. The molecule has 0 aliphatic rings.